The standard InChI is InChI=1S/C30H21BrCl4N2O4S/c1-3-40-29(39)25-15(2)36-30-37(26(25)20-6-4-5-7-22(20)34)28(38)24(42-30)11-17-10-19(33)12-21(31)27(17)41-14-16-8-9-18(32)13-23(16)35/h4-13,26H,3,14H2,1-2H3/b24-11-/t26-/m0/s1. The van der Waals surface area contributed by atoms with Gasteiger partial charge >= 0.3 is 5.97 Å². The molecule has 0 aliphatic carbocycles. The van der Waals surface area contributed by atoms with Crippen LogP contribution in [0.4, 0.5) is 0 Å². The van der Waals surface area contributed by atoms with Gasteiger partial charge in [-0.1, -0.05) is 82.0 Å². The fourth-order valence-corrected chi connectivity index (χ4v) is 7.24. The minimum absolute atomic E-state index is 0.146. The lowest BCUT2D eigenvalue weighted by Gasteiger charge is -2.25. The van der Waals surface area contributed by atoms with E-state index in [1.807, 2.05) is 0 Å². The fraction of sp³-hybridized carbons (Fsp3) is 0.167. The number of fused-ring (bicyclic) bond motifs is 1. The maximum Gasteiger partial charge on any atom is 0.338 e. The molecule has 0 saturated heterocycles. The van der Waals surface area contributed by atoms with E-state index in [0.717, 1.165) is 5.56 Å². The van der Waals surface area contributed by atoms with E-state index in [1.54, 1.807) is 74.5 Å². The zero-order valence-electron chi connectivity index (χ0n) is 22.1. The van der Waals surface area contributed by atoms with Gasteiger partial charge in [0.2, 0.25) is 0 Å². The molecule has 12 heteroatoms. The van der Waals surface area contributed by atoms with Crippen LogP contribution in [0.15, 0.2) is 80.1 Å². The zero-order valence-corrected chi connectivity index (χ0v) is 27.5. The summed E-state index contributed by atoms with van der Waals surface area (Å²) in [6.45, 7) is 3.75. The lowest BCUT2D eigenvalue weighted by molar-refractivity contribution is -0.139. The van der Waals surface area contributed by atoms with Crippen molar-refractivity contribution in [2.75, 3.05) is 6.61 Å². The van der Waals surface area contributed by atoms with Crippen LogP contribution in [0.3, 0.4) is 0 Å². The smallest absolute Gasteiger partial charge is 0.338 e. The molecule has 0 N–H and O–H groups in total. The highest BCUT2D eigenvalue weighted by Crippen LogP contribution is 2.36. The summed E-state index contributed by atoms with van der Waals surface area (Å²) in [6, 6.07) is 14.8. The Bertz CT molecular complexity index is 1940. The molecule has 1 aromatic heterocycles. The van der Waals surface area contributed by atoms with Crippen molar-refractivity contribution < 1.29 is 14.3 Å². The topological polar surface area (TPSA) is 69.9 Å². The van der Waals surface area contributed by atoms with E-state index in [9.17, 15) is 9.59 Å². The number of rotatable bonds is 7. The molecule has 1 aliphatic rings. The van der Waals surface area contributed by atoms with Crippen molar-refractivity contribution in [2.45, 2.75) is 26.5 Å². The number of esters is 1. The molecule has 0 unspecified atom stereocenters. The summed E-state index contributed by atoms with van der Waals surface area (Å²) in [5.41, 5.74) is 2.20. The van der Waals surface area contributed by atoms with Crippen molar-refractivity contribution in [1.82, 2.24) is 4.57 Å². The van der Waals surface area contributed by atoms with E-state index in [2.05, 4.69) is 20.9 Å². The van der Waals surface area contributed by atoms with Gasteiger partial charge in [-0.25, -0.2) is 9.79 Å². The van der Waals surface area contributed by atoms with Crippen LogP contribution in [0.1, 0.15) is 36.6 Å². The first kappa shape index (κ1) is 30.9. The third-order valence-corrected chi connectivity index (χ3v) is 9.15. The van der Waals surface area contributed by atoms with Crippen molar-refractivity contribution in [1.29, 1.82) is 0 Å². The number of hydrogen-bond donors (Lipinski definition) is 0. The van der Waals surface area contributed by atoms with Gasteiger partial charge in [-0.15, -0.1) is 0 Å². The summed E-state index contributed by atoms with van der Waals surface area (Å²) in [6.07, 6.45) is 1.69. The Hall–Kier alpha value is -2.59. The Kier molecular flexibility index (Phi) is 9.52. The Morgan fingerprint density at radius 2 is 1.83 bits per heavy atom. The second kappa shape index (κ2) is 13.0. The predicted octanol–water partition coefficient (Wildman–Crippen LogP) is 7.75. The molecule has 1 aliphatic heterocycles. The minimum Gasteiger partial charge on any atom is -0.487 e. The first-order valence-corrected chi connectivity index (χ1v) is 15.7. The van der Waals surface area contributed by atoms with Gasteiger partial charge in [-0.3, -0.25) is 9.36 Å². The van der Waals surface area contributed by atoms with E-state index in [1.165, 1.54) is 15.9 Å². The molecule has 0 bridgehead atoms. The molecular formula is C30H21BrCl4N2O4S. The highest BCUT2D eigenvalue weighted by atomic mass is 79.9. The summed E-state index contributed by atoms with van der Waals surface area (Å²) in [5.74, 6) is -0.101. The Balaban J connectivity index is 1.65. The maximum atomic E-state index is 14.0. The first-order valence-electron chi connectivity index (χ1n) is 12.6. The summed E-state index contributed by atoms with van der Waals surface area (Å²) in [5, 5.41) is 1.83. The second-order valence-electron chi connectivity index (χ2n) is 9.15. The number of allylic oxidation sites excluding steroid dienone is 1. The first-order chi connectivity index (χ1) is 20.1. The van der Waals surface area contributed by atoms with Crippen LogP contribution in [-0.2, 0) is 16.1 Å². The minimum atomic E-state index is -0.829. The average Bonchev–Trinajstić information content (AvgIpc) is 3.23. The number of carbonyl (C=O) groups excluding carboxylic acids is 1. The van der Waals surface area contributed by atoms with Crippen molar-refractivity contribution in [2.24, 2.45) is 4.99 Å². The van der Waals surface area contributed by atoms with Gasteiger partial charge in [0.05, 0.1) is 26.9 Å². The van der Waals surface area contributed by atoms with E-state index >= 15 is 0 Å². The molecule has 0 spiro atoms. The highest BCUT2D eigenvalue weighted by Gasteiger charge is 2.34. The third-order valence-electron chi connectivity index (χ3n) is 6.43. The van der Waals surface area contributed by atoms with Gasteiger partial charge in [0.15, 0.2) is 4.80 Å². The van der Waals surface area contributed by atoms with Crippen molar-refractivity contribution in [3.63, 3.8) is 0 Å². The molecule has 4 aromatic rings. The number of aromatic nitrogens is 1. The number of benzene rings is 3. The normalized spacial score (nSPS) is 14.9. The number of carbonyl (C=O) groups is 1. The van der Waals surface area contributed by atoms with E-state index in [0.29, 0.717) is 56.5 Å². The SMILES string of the molecule is CCOC(=O)C1=C(C)N=c2s/c(=C\c3cc(Cl)cc(Br)c3OCc3ccc(Cl)cc3Cl)c(=O)n2[C@H]1c1ccccc1Cl. The van der Waals surface area contributed by atoms with Gasteiger partial charge in [0.1, 0.15) is 18.4 Å². The summed E-state index contributed by atoms with van der Waals surface area (Å²) < 4.78 is 13.9. The lowest BCUT2D eigenvalue weighted by Crippen LogP contribution is -2.40. The van der Waals surface area contributed by atoms with Gasteiger partial charge in [0, 0.05) is 31.2 Å². The maximum absolute atomic E-state index is 14.0. The number of halogens is 5. The van der Waals surface area contributed by atoms with E-state index < -0.39 is 12.0 Å². The molecule has 216 valence electrons. The van der Waals surface area contributed by atoms with Crippen LogP contribution in [-0.4, -0.2) is 17.1 Å². The van der Waals surface area contributed by atoms with E-state index in [4.69, 9.17) is 55.9 Å². The Labute approximate surface area is 273 Å². The quantitative estimate of drug-likeness (QED) is 0.183. The molecule has 6 nitrogen and oxygen atoms in total. The monoisotopic (exact) mass is 724 g/mol. The molecule has 42 heavy (non-hydrogen) atoms. The highest BCUT2D eigenvalue weighted by molar-refractivity contribution is 9.10. The molecular weight excluding hydrogens is 706 g/mol. The molecule has 0 saturated carbocycles. The zero-order chi connectivity index (χ0) is 30.1. The van der Waals surface area contributed by atoms with E-state index in [-0.39, 0.29) is 24.3 Å². The molecule has 3 aromatic carbocycles. The number of ether oxygens (including phenoxy) is 2. The van der Waals surface area contributed by atoms with Crippen LogP contribution >= 0.6 is 73.7 Å². The van der Waals surface area contributed by atoms with Crippen molar-refractivity contribution in [3.8, 4) is 5.75 Å². The molecule has 2 heterocycles. The van der Waals surface area contributed by atoms with Gasteiger partial charge in [-0.2, -0.15) is 0 Å². The largest absolute Gasteiger partial charge is 0.487 e. The third kappa shape index (κ3) is 6.20. The van der Waals surface area contributed by atoms with Crippen LogP contribution in [0, 0.1) is 0 Å². The molecule has 5 rings (SSSR count). The van der Waals surface area contributed by atoms with Crippen LogP contribution < -0.4 is 19.6 Å². The molecule has 0 amide bonds. The number of nitrogens with zero attached hydrogens (tertiary/aromatic N) is 2. The van der Waals surface area contributed by atoms with Crippen LogP contribution in [0.5, 0.6) is 5.75 Å². The van der Waals surface area contributed by atoms with Crippen LogP contribution in [0.25, 0.3) is 6.08 Å². The second-order valence-corrected chi connectivity index (χ2v) is 12.7. The average molecular weight is 727 g/mol. The van der Waals surface area contributed by atoms with Gasteiger partial charge in [0.25, 0.3) is 5.56 Å². The van der Waals surface area contributed by atoms with Crippen molar-refractivity contribution >= 4 is 85.7 Å². The Morgan fingerprint density at radius 1 is 1.07 bits per heavy atom. The molecule has 0 radical (unpaired) electrons. The summed E-state index contributed by atoms with van der Waals surface area (Å²) in [7, 11) is 0. The number of thiazole rings is 1. The number of hydrogen-bond acceptors (Lipinski definition) is 6. The predicted molar refractivity (Wildman–Crippen MR) is 172 cm³/mol. The lowest BCUT2D eigenvalue weighted by atomic mass is 9.96. The molecule has 0 fully saturated rings. The van der Waals surface area contributed by atoms with Crippen LogP contribution in [0.2, 0.25) is 20.1 Å². The van der Waals surface area contributed by atoms with Gasteiger partial charge < -0.3 is 9.47 Å². The summed E-state index contributed by atoms with van der Waals surface area (Å²) >= 11 is 30.1. The summed E-state index contributed by atoms with van der Waals surface area (Å²) in [4.78, 5) is 32.2. The van der Waals surface area contributed by atoms with Gasteiger partial charge in [-0.05, 0) is 71.7 Å². The Morgan fingerprint density at radius 3 is 2.55 bits per heavy atom. The molecule has 1 atom stereocenters. The fourth-order valence-electron chi connectivity index (χ4n) is 4.55. The van der Waals surface area contributed by atoms with Crippen molar-refractivity contribution in [3.05, 3.63) is 127 Å².